The molecule has 6 heteroatoms. The van der Waals surface area contributed by atoms with Crippen LogP contribution >= 0.6 is 23.2 Å². The van der Waals surface area contributed by atoms with Crippen LogP contribution in [0.2, 0.25) is 10.0 Å². The molecule has 0 radical (unpaired) electrons. The average Bonchev–Trinajstić information content (AvgIpc) is 2.94. The maximum absolute atomic E-state index is 13.0. The second kappa shape index (κ2) is 5.25. The van der Waals surface area contributed by atoms with Crippen molar-refractivity contribution in [2.75, 3.05) is 0 Å². The first-order valence-corrected chi connectivity index (χ1v) is 7.97. The molecule has 0 bridgehead atoms. The van der Waals surface area contributed by atoms with Crippen LogP contribution in [0.4, 0.5) is 0 Å². The molecule has 3 heterocycles. The van der Waals surface area contributed by atoms with Crippen LogP contribution in [-0.2, 0) is 6.42 Å². The minimum atomic E-state index is -0.167. The highest BCUT2D eigenvalue weighted by molar-refractivity contribution is 6.43. The lowest BCUT2D eigenvalue weighted by Crippen LogP contribution is -2.23. The molecule has 1 aliphatic heterocycles. The van der Waals surface area contributed by atoms with Gasteiger partial charge in [-0.25, -0.2) is 4.98 Å². The second-order valence-electron chi connectivity index (χ2n) is 5.53. The fourth-order valence-electron chi connectivity index (χ4n) is 2.98. The van der Waals surface area contributed by atoms with Gasteiger partial charge in [-0.15, -0.1) is 0 Å². The summed E-state index contributed by atoms with van der Waals surface area (Å²) in [5, 5.41) is 1.52. The van der Waals surface area contributed by atoms with Crippen LogP contribution in [-0.4, -0.2) is 15.7 Å². The molecule has 1 unspecified atom stereocenters. The Hall–Kier alpha value is -2.04. The van der Waals surface area contributed by atoms with Crippen molar-refractivity contribution in [3.8, 4) is 11.4 Å². The molecule has 0 aliphatic carbocycles. The summed E-state index contributed by atoms with van der Waals surface area (Å²) in [6.07, 6.45) is 2.17. The molecule has 4 rings (SSSR count). The van der Waals surface area contributed by atoms with E-state index in [4.69, 9.17) is 27.9 Å². The molecule has 1 atom stereocenters. The Morgan fingerprint density at radius 1 is 1.26 bits per heavy atom. The highest BCUT2D eigenvalue weighted by Gasteiger charge is 2.28. The third-order valence-electron chi connectivity index (χ3n) is 3.96. The van der Waals surface area contributed by atoms with E-state index in [2.05, 4.69) is 4.98 Å². The van der Waals surface area contributed by atoms with E-state index >= 15 is 0 Å². The van der Waals surface area contributed by atoms with Crippen LogP contribution < -0.4 is 10.3 Å². The lowest BCUT2D eigenvalue weighted by Gasteiger charge is -2.14. The van der Waals surface area contributed by atoms with Gasteiger partial charge in [-0.3, -0.25) is 9.36 Å². The van der Waals surface area contributed by atoms with Crippen molar-refractivity contribution < 1.29 is 4.74 Å². The lowest BCUT2D eigenvalue weighted by atomic mass is 10.1. The summed E-state index contributed by atoms with van der Waals surface area (Å²) in [5.74, 6) is 0.625. The predicted molar refractivity (Wildman–Crippen MR) is 91.2 cm³/mol. The number of hydrogen-bond acceptors (Lipinski definition) is 3. The summed E-state index contributed by atoms with van der Waals surface area (Å²) in [7, 11) is 0. The third-order valence-corrected chi connectivity index (χ3v) is 4.77. The monoisotopic (exact) mass is 346 g/mol. The predicted octanol–water partition coefficient (Wildman–Crippen LogP) is 4.02. The Labute approximate surface area is 142 Å². The minimum absolute atomic E-state index is 0.0354. The number of halogens is 2. The SMILES string of the molecule is CC1Cc2c(c3cccnc3n(-c3cccc(Cl)c3Cl)c2=O)O1. The number of nitrogens with zero attached hydrogens (tertiary/aromatic N) is 2. The summed E-state index contributed by atoms with van der Waals surface area (Å²) in [6, 6.07) is 8.93. The largest absolute Gasteiger partial charge is 0.489 e. The Morgan fingerprint density at radius 3 is 2.91 bits per heavy atom. The number of pyridine rings is 2. The zero-order valence-electron chi connectivity index (χ0n) is 12.2. The topological polar surface area (TPSA) is 44.1 Å². The first-order valence-electron chi connectivity index (χ1n) is 7.21. The summed E-state index contributed by atoms with van der Waals surface area (Å²) in [5.41, 5.74) is 1.51. The van der Waals surface area contributed by atoms with Gasteiger partial charge in [0.05, 0.1) is 26.7 Å². The van der Waals surface area contributed by atoms with Crippen molar-refractivity contribution in [2.24, 2.45) is 0 Å². The quantitative estimate of drug-likeness (QED) is 0.668. The van der Waals surface area contributed by atoms with Gasteiger partial charge >= 0.3 is 0 Å². The highest BCUT2D eigenvalue weighted by atomic mass is 35.5. The van der Waals surface area contributed by atoms with E-state index in [9.17, 15) is 4.79 Å². The number of aromatic nitrogens is 2. The van der Waals surface area contributed by atoms with Crippen molar-refractivity contribution in [1.29, 1.82) is 0 Å². The summed E-state index contributed by atoms with van der Waals surface area (Å²) in [6.45, 7) is 1.94. The lowest BCUT2D eigenvalue weighted by molar-refractivity contribution is 0.257. The highest BCUT2D eigenvalue weighted by Crippen LogP contribution is 2.36. The Kier molecular flexibility index (Phi) is 3.32. The van der Waals surface area contributed by atoms with E-state index in [1.54, 1.807) is 24.4 Å². The molecule has 1 aromatic carbocycles. The molecule has 0 amide bonds. The molecule has 2 aromatic heterocycles. The van der Waals surface area contributed by atoms with E-state index in [-0.39, 0.29) is 11.7 Å². The maximum atomic E-state index is 13.0. The van der Waals surface area contributed by atoms with Crippen LogP contribution in [0.3, 0.4) is 0 Å². The maximum Gasteiger partial charge on any atom is 0.263 e. The van der Waals surface area contributed by atoms with Gasteiger partial charge in [-0.1, -0.05) is 29.3 Å². The minimum Gasteiger partial charge on any atom is -0.489 e. The Bertz CT molecular complexity index is 998. The fraction of sp³-hybridized carbons (Fsp3) is 0.176. The van der Waals surface area contributed by atoms with Crippen LogP contribution in [0, 0.1) is 0 Å². The van der Waals surface area contributed by atoms with Gasteiger partial charge in [0.15, 0.2) is 5.65 Å². The van der Waals surface area contributed by atoms with Gasteiger partial charge in [-0.2, -0.15) is 0 Å². The van der Waals surface area contributed by atoms with Crippen LogP contribution in [0.1, 0.15) is 12.5 Å². The summed E-state index contributed by atoms with van der Waals surface area (Å²) in [4.78, 5) is 17.4. The van der Waals surface area contributed by atoms with Gasteiger partial charge in [0, 0.05) is 12.6 Å². The standard InChI is InChI=1S/C17H12Cl2N2O2/c1-9-8-11-15(23-9)10-4-3-7-20-16(10)21(17(11)22)13-6-2-5-12(18)14(13)19/h2-7,9H,8H2,1H3. The van der Waals surface area contributed by atoms with Crippen molar-refractivity contribution >= 4 is 34.2 Å². The molecule has 23 heavy (non-hydrogen) atoms. The summed E-state index contributed by atoms with van der Waals surface area (Å²) >= 11 is 12.4. The third kappa shape index (κ3) is 2.13. The van der Waals surface area contributed by atoms with Gasteiger partial charge in [0.2, 0.25) is 0 Å². The van der Waals surface area contributed by atoms with E-state index in [1.165, 1.54) is 4.57 Å². The van der Waals surface area contributed by atoms with Gasteiger partial charge in [0.25, 0.3) is 5.56 Å². The number of ether oxygens (including phenoxy) is 1. The van der Waals surface area contributed by atoms with Crippen molar-refractivity contribution in [3.63, 3.8) is 0 Å². The van der Waals surface area contributed by atoms with E-state index in [0.29, 0.717) is 39.1 Å². The van der Waals surface area contributed by atoms with Gasteiger partial charge in [-0.05, 0) is 31.2 Å². The van der Waals surface area contributed by atoms with Gasteiger partial charge < -0.3 is 4.74 Å². The molecule has 0 N–H and O–H groups in total. The smallest absolute Gasteiger partial charge is 0.263 e. The molecule has 0 fully saturated rings. The summed E-state index contributed by atoms with van der Waals surface area (Å²) < 4.78 is 7.35. The van der Waals surface area contributed by atoms with Crippen molar-refractivity contribution in [3.05, 3.63) is 62.5 Å². The molecular formula is C17H12Cl2N2O2. The Balaban J connectivity index is 2.17. The fourth-order valence-corrected chi connectivity index (χ4v) is 3.36. The average molecular weight is 347 g/mol. The number of hydrogen-bond donors (Lipinski definition) is 0. The van der Waals surface area contributed by atoms with Crippen molar-refractivity contribution in [2.45, 2.75) is 19.4 Å². The molecular weight excluding hydrogens is 335 g/mol. The number of benzene rings is 1. The molecule has 0 spiro atoms. The second-order valence-corrected chi connectivity index (χ2v) is 6.31. The van der Waals surface area contributed by atoms with E-state index in [1.807, 2.05) is 19.1 Å². The van der Waals surface area contributed by atoms with Crippen LogP contribution in [0.15, 0.2) is 41.3 Å². The molecule has 0 saturated carbocycles. The first-order chi connectivity index (χ1) is 11.1. The molecule has 0 saturated heterocycles. The zero-order chi connectivity index (χ0) is 16.1. The molecule has 1 aliphatic rings. The normalized spacial score (nSPS) is 16.4. The number of fused-ring (bicyclic) bond motifs is 3. The zero-order valence-corrected chi connectivity index (χ0v) is 13.7. The molecule has 3 aromatic rings. The van der Waals surface area contributed by atoms with E-state index in [0.717, 1.165) is 5.39 Å². The van der Waals surface area contributed by atoms with E-state index < -0.39 is 0 Å². The molecule has 4 nitrogen and oxygen atoms in total. The Morgan fingerprint density at radius 2 is 2.09 bits per heavy atom. The first kappa shape index (κ1) is 14.5. The molecule has 116 valence electrons. The van der Waals surface area contributed by atoms with Gasteiger partial charge in [0.1, 0.15) is 11.9 Å². The van der Waals surface area contributed by atoms with Crippen LogP contribution in [0.25, 0.3) is 16.7 Å². The number of rotatable bonds is 1. The van der Waals surface area contributed by atoms with Crippen molar-refractivity contribution in [1.82, 2.24) is 9.55 Å². The van der Waals surface area contributed by atoms with Crippen LogP contribution in [0.5, 0.6) is 5.75 Å².